The zero-order valence-electron chi connectivity index (χ0n) is 16.3. The highest BCUT2D eigenvalue weighted by Gasteiger charge is 2.30. The Hall–Kier alpha value is -2.38. The third kappa shape index (κ3) is 4.91. The van der Waals surface area contributed by atoms with Gasteiger partial charge in [0.1, 0.15) is 0 Å². The molecule has 0 aromatic heterocycles. The van der Waals surface area contributed by atoms with E-state index in [9.17, 15) is 13.2 Å². The molecule has 0 bridgehead atoms. The van der Waals surface area contributed by atoms with Crippen LogP contribution in [0.2, 0.25) is 0 Å². The van der Waals surface area contributed by atoms with Crippen molar-refractivity contribution >= 4 is 21.6 Å². The van der Waals surface area contributed by atoms with Gasteiger partial charge in [0.15, 0.2) is 9.84 Å². The molecule has 1 fully saturated rings. The highest BCUT2D eigenvalue weighted by Crippen LogP contribution is 2.25. The topological polar surface area (TPSA) is 78.5 Å². The highest BCUT2D eigenvalue weighted by molar-refractivity contribution is 7.92. The molecule has 1 atom stereocenters. The van der Waals surface area contributed by atoms with Gasteiger partial charge in [-0.1, -0.05) is 30.3 Å². The molecule has 2 aromatic carbocycles. The predicted molar refractivity (Wildman–Crippen MR) is 111 cm³/mol. The van der Waals surface area contributed by atoms with E-state index in [1.165, 1.54) is 0 Å². The first kappa shape index (κ1) is 20.4. The van der Waals surface area contributed by atoms with Gasteiger partial charge in [-0.3, -0.25) is 0 Å². The number of anilines is 1. The molecule has 1 aliphatic rings. The molecule has 0 unspecified atom stereocenters. The third-order valence-electron chi connectivity index (χ3n) is 5.19. The number of benzene rings is 2. The molecule has 2 aromatic rings. The molecule has 2 N–H and O–H groups in total. The van der Waals surface area contributed by atoms with Gasteiger partial charge in [0.25, 0.3) is 0 Å². The van der Waals surface area contributed by atoms with Crippen molar-refractivity contribution in [2.24, 2.45) is 0 Å². The van der Waals surface area contributed by atoms with Gasteiger partial charge >= 0.3 is 6.03 Å². The largest absolute Gasteiger partial charge is 0.331 e. The first-order chi connectivity index (χ1) is 13.4. The quantitative estimate of drug-likeness (QED) is 0.804. The van der Waals surface area contributed by atoms with Gasteiger partial charge in [0.2, 0.25) is 0 Å². The fourth-order valence-electron chi connectivity index (χ4n) is 3.40. The summed E-state index contributed by atoms with van der Waals surface area (Å²) in [4.78, 5) is 14.7. The monoisotopic (exact) mass is 401 g/mol. The van der Waals surface area contributed by atoms with Crippen LogP contribution in [0.25, 0.3) is 0 Å². The van der Waals surface area contributed by atoms with Gasteiger partial charge in [0.05, 0.1) is 16.2 Å². The van der Waals surface area contributed by atoms with Crippen molar-refractivity contribution in [2.75, 3.05) is 25.5 Å². The molecule has 1 heterocycles. The van der Waals surface area contributed by atoms with E-state index in [0.717, 1.165) is 18.7 Å². The molecule has 1 saturated heterocycles. The molecular formula is C21H27N3O3S. The highest BCUT2D eigenvalue weighted by atomic mass is 32.2. The lowest BCUT2D eigenvalue weighted by Gasteiger charge is -2.28. The van der Waals surface area contributed by atoms with Gasteiger partial charge in [-0.25, -0.2) is 13.2 Å². The van der Waals surface area contributed by atoms with E-state index in [2.05, 4.69) is 15.5 Å². The number of likely N-dealkylation sites (tertiary alicyclic amines) is 1. The molecule has 2 amide bonds. The van der Waals surface area contributed by atoms with Gasteiger partial charge in [-0.05, 0) is 69.7 Å². The molecule has 0 saturated carbocycles. The molecule has 0 spiro atoms. The van der Waals surface area contributed by atoms with Gasteiger partial charge in [-0.15, -0.1) is 0 Å². The molecule has 3 rings (SSSR count). The van der Waals surface area contributed by atoms with E-state index in [4.69, 9.17) is 0 Å². The van der Waals surface area contributed by atoms with Crippen LogP contribution >= 0.6 is 0 Å². The van der Waals surface area contributed by atoms with E-state index < -0.39 is 9.84 Å². The van der Waals surface area contributed by atoms with Crippen LogP contribution in [0.3, 0.4) is 0 Å². The Balaban J connectivity index is 1.60. The summed E-state index contributed by atoms with van der Waals surface area (Å²) in [6, 6.07) is 15.6. The van der Waals surface area contributed by atoms with E-state index in [-0.39, 0.29) is 17.3 Å². The molecule has 1 aliphatic heterocycles. The number of nitrogens with one attached hydrogen (secondary N) is 2. The minimum Gasteiger partial charge on any atom is -0.331 e. The number of piperidine rings is 1. The zero-order valence-corrected chi connectivity index (χ0v) is 17.1. The van der Waals surface area contributed by atoms with Crippen LogP contribution in [0.4, 0.5) is 10.5 Å². The summed E-state index contributed by atoms with van der Waals surface area (Å²) in [5, 5.41) is 5.29. The number of hydrogen-bond donors (Lipinski definition) is 2. The molecule has 0 aliphatic carbocycles. The molecule has 150 valence electrons. The number of urea groups is 1. The lowest BCUT2D eigenvalue weighted by molar-refractivity contribution is 0.249. The minimum atomic E-state index is -3.34. The van der Waals surface area contributed by atoms with Crippen LogP contribution in [0.5, 0.6) is 0 Å². The number of sulfone groups is 1. The van der Waals surface area contributed by atoms with Crippen LogP contribution in [0, 0.1) is 0 Å². The minimum absolute atomic E-state index is 0.134. The molecule has 0 radical (unpaired) electrons. The average molecular weight is 402 g/mol. The Bertz CT molecular complexity index is 890. The van der Waals surface area contributed by atoms with Crippen molar-refractivity contribution in [3.05, 3.63) is 60.2 Å². The van der Waals surface area contributed by atoms with Gasteiger partial charge < -0.3 is 15.5 Å². The van der Waals surface area contributed by atoms with Crippen molar-refractivity contribution in [1.82, 2.24) is 10.2 Å². The Labute approximate surface area is 166 Å². The number of amides is 2. The second-order valence-corrected chi connectivity index (χ2v) is 9.53. The second-order valence-electron chi connectivity index (χ2n) is 7.30. The number of carbonyl (C=O) groups excluding carboxylic acids is 1. The maximum Gasteiger partial charge on any atom is 0.319 e. The third-order valence-corrected chi connectivity index (χ3v) is 7.47. The molecule has 28 heavy (non-hydrogen) atoms. The van der Waals surface area contributed by atoms with E-state index in [1.807, 2.05) is 44.3 Å². The van der Waals surface area contributed by atoms with Crippen LogP contribution < -0.4 is 10.6 Å². The van der Waals surface area contributed by atoms with Crippen LogP contribution in [-0.2, 0) is 9.84 Å². The van der Waals surface area contributed by atoms with Crippen molar-refractivity contribution in [3.8, 4) is 0 Å². The summed E-state index contributed by atoms with van der Waals surface area (Å²) in [6.07, 6.45) is 1.30. The maximum absolute atomic E-state index is 12.8. The first-order valence-electron chi connectivity index (χ1n) is 9.51. The van der Waals surface area contributed by atoms with Crippen molar-refractivity contribution in [3.63, 3.8) is 0 Å². The summed E-state index contributed by atoms with van der Waals surface area (Å²) in [7, 11) is -1.33. The SMILES string of the molecule is C[C@H](NC(=O)Nc1ccc(S(=O)(=O)C2CCN(C)CC2)cc1)c1ccccc1. The Morgan fingerprint density at radius 2 is 1.64 bits per heavy atom. The summed E-state index contributed by atoms with van der Waals surface area (Å²) >= 11 is 0. The van der Waals surface area contributed by atoms with Crippen LogP contribution in [0.15, 0.2) is 59.5 Å². The van der Waals surface area contributed by atoms with Gasteiger partial charge in [-0.2, -0.15) is 0 Å². The zero-order chi connectivity index (χ0) is 20.1. The number of hydrogen-bond acceptors (Lipinski definition) is 4. The number of nitrogens with zero attached hydrogens (tertiary/aromatic N) is 1. The van der Waals surface area contributed by atoms with Gasteiger partial charge in [0, 0.05) is 5.69 Å². The molecule has 7 heteroatoms. The Kier molecular flexibility index (Phi) is 6.36. The number of carbonyl (C=O) groups is 1. The average Bonchev–Trinajstić information content (AvgIpc) is 2.69. The van der Waals surface area contributed by atoms with E-state index in [0.29, 0.717) is 23.4 Å². The van der Waals surface area contributed by atoms with Crippen LogP contribution in [-0.4, -0.2) is 44.7 Å². The summed E-state index contributed by atoms with van der Waals surface area (Å²) in [6.45, 7) is 3.50. The maximum atomic E-state index is 12.8. The Morgan fingerprint density at radius 3 is 2.25 bits per heavy atom. The smallest absolute Gasteiger partial charge is 0.319 e. The summed E-state index contributed by atoms with van der Waals surface area (Å²) in [5.41, 5.74) is 1.57. The molecular weight excluding hydrogens is 374 g/mol. The van der Waals surface area contributed by atoms with Crippen molar-refractivity contribution < 1.29 is 13.2 Å². The lowest BCUT2D eigenvalue weighted by Crippen LogP contribution is -2.37. The van der Waals surface area contributed by atoms with E-state index >= 15 is 0 Å². The lowest BCUT2D eigenvalue weighted by atomic mass is 10.1. The fraction of sp³-hybridized carbons (Fsp3) is 0.381. The predicted octanol–water partition coefficient (Wildman–Crippen LogP) is 3.44. The van der Waals surface area contributed by atoms with Crippen LogP contribution in [0.1, 0.15) is 31.4 Å². The molecule has 6 nitrogen and oxygen atoms in total. The Morgan fingerprint density at radius 1 is 1.04 bits per heavy atom. The fourth-order valence-corrected chi connectivity index (χ4v) is 5.14. The first-order valence-corrected chi connectivity index (χ1v) is 11.1. The van der Waals surface area contributed by atoms with E-state index in [1.54, 1.807) is 24.3 Å². The van der Waals surface area contributed by atoms with Crippen molar-refractivity contribution in [1.29, 1.82) is 0 Å². The standard InChI is InChI=1S/C21H27N3O3S/c1-16(17-6-4-3-5-7-17)22-21(25)23-18-8-10-19(11-9-18)28(26,27)20-12-14-24(2)15-13-20/h3-11,16,20H,12-15H2,1-2H3,(H2,22,23,25)/t16-/m0/s1. The number of rotatable bonds is 5. The normalized spacial score (nSPS) is 17.1. The summed E-state index contributed by atoms with van der Waals surface area (Å²) in [5.74, 6) is 0. The second kappa shape index (κ2) is 8.75. The van der Waals surface area contributed by atoms with Crippen molar-refractivity contribution in [2.45, 2.75) is 36.0 Å². The summed E-state index contributed by atoms with van der Waals surface area (Å²) < 4.78 is 25.6.